The van der Waals surface area contributed by atoms with Gasteiger partial charge >= 0.3 is 0 Å². The first-order chi connectivity index (χ1) is 9.93. The van der Waals surface area contributed by atoms with Crippen LogP contribution in [0.3, 0.4) is 0 Å². The Balaban J connectivity index is 2.23. The summed E-state index contributed by atoms with van der Waals surface area (Å²) in [5.41, 5.74) is 0.279. The standard InChI is InChI=1S/C14H18N2O4S/c1-9-8-15(6-5-12(9)17)14(18)10-3-4-13(21-2)11(7-10)16(19)20/h3-4,7,9,12,17H,5-6,8H2,1-2H3. The van der Waals surface area contributed by atoms with Crippen LogP contribution < -0.4 is 0 Å². The number of rotatable bonds is 3. The summed E-state index contributed by atoms with van der Waals surface area (Å²) < 4.78 is 0. The van der Waals surface area contributed by atoms with Gasteiger partial charge in [-0.15, -0.1) is 11.8 Å². The lowest BCUT2D eigenvalue weighted by atomic mass is 9.96. The molecule has 1 saturated heterocycles. The van der Waals surface area contributed by atoms with E-state index < -0.39 is 4.92 Å². The van der Waals surface area contributed by atoms with E-state index in [9.17, 15) is 20.0 Å². The summed E-state index contributed by atoms with van der Waals surface area (Å²) in [5.74, 6) is -0.201. The fourth-order valence-electron chi connectivity index (χ4n) is 2.47. The van der Waals surface area contributed by atoms with Crippen LogP contribution in [0.15, 0.2) is 23.1 Å². The Labute approximate surface area is 127 Å². The number of amides is 1. The molecule has 2 unspecified atom stereocenters. The van der Waals surface area contributed by atoms with Crippen molar-refractivity contribution in [3.8, 4) is 0 Å². The molecule has 1 aliphatic heterocycles. The zero-order valence-corrected chi connectivity index (χ0v) is 12.8. The third-order valence-electron chi connectivity index (χ3n) is 3.77. The van der Waals surface area contributed by atoms with Gasteiger partial charge in [-0.3, -0.25) is 14.9 Å². The first-order valence-corrected chi connectivity index (χ1v) is 7.96. The predicted molar refractivity (Wildman–Crippen MR) is 80.6 cm³/mol. The van der Waals surface area contributed by atoms with Gasteiger partial charge < -0.3 is 10.0 Å². The maximum atomic E-state index is 12.4. The van der Waals surface area contributed by atoms with Crippen molar-refractivity contribution in [2.45, 2.75) is 24.3 Å². The fraction of sp³-hybridized carbons (Fsp3) is 0.500. The monoisotopic (exact) mass is 310 g/mol. The van der Waals surface area contributed by atoms with Crippen molar-refractivity contribution in [3.05, 3.63) is 33.9 Å². The third kappa shape index (κ3) is 3.36. The molecular weight excluding hydrogens is 292 g/mol. The van der Waals surface area contributed by atoms with E-state index in [0.29, 0.717) is 30.0 Å². The molecule has 1 amide bonds. The van der Waals surface area contributed by atoms with E-state index in [1.54, 1.807) is 23.3 Å². The normalized spacial score (nSPS) is 22.1. The lowest BCUT2D eigenvalue weighted by molar-refractivity contribution is -0.387. The second-order valence-electron chi connectivity index (χ2n) is 5.23. The van der Waals surface area contributed by atoms with E-state index >= 15 is 0 Å². The number of aliphatic hydroxyl groups excluding tert-OH is 1. The zero-order chi connectivity index (χ0) is 15.6. The average molecular weight is 310 g/mol. The molecule has 1 heterocycles. The van der Waals surface area contributed by atoms with Crippen LogP contribution >= 0.6 is 11.8 Å². The number of benzene rings is 1. The molecule has 1 aliphatic rings. The molecule has 0 aromatic heterocycles. The molecule has 0 bridgehead atoms. The average Bonchev–Trinajstić information content (AvgIpc) is 2.48. The molecule has 0 aliphatic carbocycles. The Kier molecular flexibility index (Phi) is 4.84. The molecular formula is C14H18N2O4S. The van der Waals surface area contributed by atoms with Gasteiger partial charge in [0.15, 0.2) is 0 Å². The Morgan fingerprint density at radius 2 is 2.24 bits per heavy atom. The van der Waals surface area contributed by atoms with E-state index in [1.807, 2.05) is 6.92 Å². The van der Waals surface area contributed by atoms with Crippen molar-refractivity contribution in [1.29, 1.82) is 0 Å². The molecule has 1 aromatic rings. The Morgan fingerprint density at radius 1 is 1.52 bits per heavy atom. The van der Waals surface area contributed by atoms with Crippen LogP contribution in [0.4, 0.5) is 5.69 Å². The number of likely N-dealkylation sites (tertiary alicyclic amines) is 1. The summed E-state index contributed by atoms with van der Waals surface area (Å²) >= 11 is 1.28. The minimum atomic E-state index is -0.467. The molecule has 6 nitrogen and oxygen atoms in total. The number of aliphatic hydroxyl groups is 1. The van der Waals surface area contributed by atoms with Crippen LogP contribution in [0.1, 0.15) is 23.7 Å². The van der Waals surface area contributed by atoms with E-state index in [-0.39, 0.29) is 23.6 Å². The minimum Gasteiger partial charge on any atom is -0.393 e. The predicted octanol–water partition coefficient (Wildman–Crippen LogP) is 2.16. The quantitative estimate of drug-likeness (QED) is 0.525. The van der Waals surface area contributed by atoms with Crippen LogP contribution in [0.5, 0.6) is 0 Å². The van der Waals surface area contributed by atoms with Gasteiger partial charge in [-0.2, -0.15) is 0 Å². The highest BCUT2D eigenvalue weighted by atomic mass is 32.2. The number of nitro benzene ring substituents is 1. The number of nitrogens with zero attached hydrogens (tertiary/aromatic N) is 2. The van der Waals surface area contributed by atoms with Crippen molar-refractivity contribution < 1.29 is 14.8 Å². The van der Waals surface area contributed by atoms with Gasteiger partial charge in [-0.25, -0.2) is 0 Å². The molecule has 114 valence electrons. The molecule has 0 saturated carbocycles. The first-order valence-electron chi connectivity index (χ1n) is 6.73. The van der Waals surface area contributed by atoms with Crippen LogP contribution in [-0.2, 0) is 0 Å². The highest BCUT2D eigenvalue weighted by molar-refractivity contribution is 7.98. The second-order valence-corrected chi connectivity index (χ2v) is 6.08. The smallest absolute Gasteiger partial charge is 0.283 e. The number of hydrogen-bond donors (Lipinski definition) is 1. The molecule has 1 aromatic carbocycles. The number of hydrogen-bond acceptors (Lipinski definition) is 5. The second kappa shape index (κ2) is 6.44. The highest BCUT2D eigenvalue weighted by Crippen LogP contribution is 2.29. The van der Waals surface area contributed by atoms with Crippen LogP contribution in [-0.4, -0.2) is 46.3 Å². The zero-order valence-electron chi connectivity index (χ0n) is 12.0. The molecule has 0 spiro atoms. The Hall–Kier alpha value is -1.60. The Bertz CT molecular complexity index is 564. The van der Waals surface area contributed by atoms with Gasteiger partial charge in [-0.05, 0) is 30.7 Å². The van der Waals surface area contributed by atoms with Crippen molar-refractivity contribution in [2.75, 3.05) is 19.3 Å². The largest absolute Gasteiger partial charge is 0.393 e. The number of piperidine rings is 1. The summed E-state index contributed by atoms with van der Waals surface area (Å²) in [7, 11) is 0. The van der Waals surface area contributed by atoms with Gasteiger partial charge in [0.2, 0.25) is 0 Å². The first kappa shape index (κ1) is 15.8. The number of carbonyl (C=O) groups is 1. The summed E-state index contributed by atoms with van der Waals surface area (Å²) in [6.45, 7) is 2.84. The minimum absolute atomic E-state index is 0.0168. The molecule has 2 atom stereocenters. The van der Waals surface area contributed by atoms with Gasteiger partial charge in [0.1, 0.15) is 0 Å². The maximum Gasteiger partial charge on any atom is 0.283 e. The Morgan fingerprint density at radius 3 is 2.81 bits per heavy atom. The van der Waals surface area contributed by atoms with Crippen LogP contribution in [0.25, 0.3) is 0 Å². The number of carbonyl (C=O) groups excluding carboxylic acids is 1. The van der Waals surface area contributed by atoms with Crippen LogP contribution in [0.2, 0.25) is 0 Å². The van der Waals surface area contributed by atoms with E-state index in [2.05, 4.69) is 0 Å². The molecule has 1 fully saturated rings. The molecule has 1 N–H and O–H groups in total. The topological polar surface area (TPSA) is 83.7 Å². The third-order valence-corrected chi connectivity index (χ3v) is 4.55. The molecule has 7 heteroatoms. The number of thioether (sulfide) groups is 1. The van der Waals surface area contributed by atoms with Crippen molar-refractivity contribution in [3.63, 3.8) is 0 Å². The fourth-order valence-corrected chi connectivity index (χ4v) is 3.01. The maximum absolute atomic E-state index is 12.4. The van der Waals surface area contributed by atoms with Crippen LogP contribution in [0, 0.1) is 16.0 Å². The molecule has 0 radical (unpaired) electrons. The highest BCUT2D eigenvalue weighted by Gasteiger charge is 2.28. The van der Waals surface area contributed by atoms with E-state index in [4.69, 9.17) is 0 Å². The molecule has 2 rings (SSSR count). The van der Waals surface area contributed by atoms with Crippen molar-refractivity contribution >= 4 is 23.4 Å². The number of nitro groups is 1. The molecule has 21 heavy (non-hydrogen) atoms. The summed E-state index contributed by atoms with van der Waals surface area (Å²) in [5, 5.41) is 20.8. The van der Waals surface area contributed by atoms with Gasteiger partial charge in [0.05, 0.1) is 15.9 Å². The van der Waals surface area contributed by atoms with Gasteiger partial charge in [0.25, 0.3) is 11.6 Å². The van der Waals surface area contributed by atoms with E-state index in [1.165, 1.54) is 17.8 Å². The van der Waals surface area contributed by atoms with E-state index in [0.717, 1.165) is 0 Å². The lowest BCUT2D eigenvalue weighted by Crippen LogP contribution is -2.44. The van der Waals surface area contributed by atoms with Crippen molar-refractivity contribution in [2.24, 2.45) is 5.92 Å². The summed E-state index contributed by atoms with van der Waals surface area (Å²) in [6, 6.07) is 4.57. The van der Waals surface area contributed by atoms with Gasteiger partial charge in [0, 0.05) is 24.7 Å². The van der Waals surface area contributed by atoms with Crippen molar-refractivity contribution in [1.82, 2.24) is 4.90 Å². The van der Waals surface area contributed by atoms with Gasteiger partial charge in [-0.1, -0.05) is 6.92 Å². The SMILES string of the molecule is CSc1ccc(C(=O)N2CCC(O)C(C)C2)cc1[N+](=O)[O-]. The lowest BCUT2D eigenvalue weighted by Gasteiger charge is -2.34. The summed E-state index contributed by atoms with van der Waals surface area (Å²) in [6.07, 6.45) is 1.91. The summed E-state index contributed by atoms with van der Waals surface area (Å²) in [4.78, 5) is 25.2.